The van der Waals surface area contributed by atoms with E-state index in [9.17, 15) is 18.0 Å². The highest BCUT2D eigenvalue weighted by molar-refractivity contribution is 6.76. The molecule has 0 spiro atoms. The quantitative estimate of drug-likeness (QED) is 0.619. The number of rotatable bonds is 5. The average Bonchev–Trinajstić information content (AvgIpc) is 2.23. The van der Waals surface area contributed by atoms with E-state index < -0.39 is 25.4 Å². The van der Waals surface area contributed by atoms with Crippen LogP contribution < -0.4 is 5.56 Å². The Morgan fingerprint density at radius 3 is 2.53 bits per heavy atom. The summed E-state index contributed by atoms with van der Waals surface area (Å²) in [6.45, 7) is 6.63. The summed E-state index contributed by atoms with van der Waals surface area (Å²) in [6, 6.07) is 1.54. The van der Waals surface area contributed by atoms with Gasteiger partial charge >= 0.3 is 6.18 Å². The molecule has 0 atom stereocenters. The molecule has 0 unspecified atom stereocenters. The number of hydrogen-bond donors (Lipinski definition) is 0. The van der Waals surface area contributed by atoms with E-state index in [0.717, 1.165) is 12.2 Å². The van der Waals surface area contributed by atoms with Crippen molar-refractivity contribution in [2.75, 3.05) is 6.61 Å². The van der Waals surface area contributed by atoms with Crippen LogP contribution >= 0.6 is 0 Å². The first kappa shape index (κ1) is 15.9. The molecule has 0 radical (unpaired) electrons. The van der Waals surface area contributed by atoms with Gasteiger partial charge in [-0.3, -0.25) is 4.79 Å². The minimum atomic E-state index is -4.67. The molecule has 1 heterocycles. The van der Waals surface area contributed by atoms with Gasteiger partial charge in [0.15, 0.2) is 0 Å². The van der Waals surface area contributed by atoms with Crippen molar-refractivity contribution in [2.24, 2.45) is 0 Å². The highest BCUT2D eigenvalue weighted by Crippen LogP contribution is 2.25. The van der Waals surface area contributed by atoms with Crippen LogP contribution in [0, 0.1) is 0 Å². The van der Waals surface area contributed by atoms with Crippen LogP contribution in [0.4, 0.5) is 13.2 Å². The molecule has 8 heteroatoms. The summed E-state index contributed by atoms with van der Waals surface area (Å²) < 4.78 is 43.4. The smallest absolute Gasteiger partial charge is 0.359 e. The number of aromatic nitrogens is 2. The Morgan fingerprint density at radius 1 is 1.37 bits per heavy atom. The van der Waals surface area contributed by atoms with Crippen LogP contribution in [-0.2, 0) is 17.6 Å². The zero-order valence-corrected chi connectivity index (χ0v) is 12.1. The summed E-state index contributed by atoms with van der Waals surface area (Å²) in [7, 11) is -1.26. The first-order valence-corrected chi connectivity index (χ1v) is 9.53. The lowest BCUT2D eigenvalue weighted by molar-refractivity contribution is -0.139. The Balaban J connectivity index is 2.68. The van der Waals surface area contributed by atoms with Gasteiger partial charge in [-0.1, -0.05) is 19.6 Å². The van der Waals surface area contributed by atoms with E-state index >= 15 is 0 Å². The molecule has 0 aliphatic heterocycles. The average molecular weight is 294 g/mol. The molecule has 0 saturated carbocycles. The molecular formula is C11H17F3N2O2Si. The fraction of sp³-hybridized carbons (Fsp3) is 0.636. The molecule has 108 valence electrons. The van der Waals surface area contributed by atoms with Crippen LogP contribution in [0.25, 0.3) is 0 Å². The number of alkyl halides is 3. The van der Waals surface area contributed by atoms with Crippen molar-refractivity contribution < 1.29 is 17.9 Å². The van der Waals surface area contributed by atoms with Crippen LogP contribution in [-0.4, -0.2) is 24.5 Å². The lowest BCUT2D eigenvalue weighted by atomic mass is 10.3. The van der Waals surface area contributed by atoms with E-state index in [2.05, 4.69) is 24.7 Å². The predicted molar refractivity (Wildman–Crippen MR) is 67.6 cm³/mol. The fourth-order valence-electron chi connectivity index (χ4n) is 1.29. The SMILES string of the molecule is C[Si](C)(C)CCOCn1nccc(C(F)(F)F)c1=O. The van der Waals surface area contributed by atoms with Crippen LogP contribution in [0.1, 0.15) is 5.56 Å². The maximum atomic E-state index is 12.5. The third-order valence-corrected chi connectivity index (χ3v) is 4.13. The molecule has 0 amide bonds. The van der Waals surface area contributed by atoms with Crippen molar-refractivity contribution in [1.82, 2.24) is 9.78 Å². The maximum Gasteiger partial charge on any atom is 0.421 e. The van der Waals surface area contributed by atoms with Gasteiger partial charge in [-0.05, 0) is 12.1 Å². The number of nitrogens with zero attached hydrogens (tertiary/aromatic N) is 2. The van der Waals surface area contributed by atoms with Crippen molar-refractivity contribution in [3.8, 4) is 0 Å². The van der Waals surface area contributed by atoms with Gasteiger partial charge in [0.25, 0.3) is 5.56 Å². The topological polar surface area (TPSA) is 44.1 Å². The van der Waals surface area contributed by atoms with Crippen molar-refractivity contribution in [2.45, 2.75) is 38.6 Å². The zero-order chi connectivity index (χ0) is 14.7. The number of hydrogen-bond acceptors (Lipinski definition) is 3. The van der Waals surface area contributed by atoms with Gasteiger partial charge in [-0.15, -0.1) is 0 Å². The van der Waals surface area contributed by atoms with Gasteiger partial charge in [0, 0.05) is 20.9 Å². The standard InChI is InChI=1S/C11H17F3N2O2Si/c1-19(2,3)7-6-18-8-16-10(17)9(4-5-15-16)11(12,13)14/h4-5H,6-8H2,1-3H3. The highest BCUT2D eigenvalue weighted by Gasteiger charge is 2.34. The third-order valence-electron chi connectivity index (χ3n) is 2.43. The first-order valence-electron chi connectivity index (χ1n) is 5.82. The van der Waals surface area contributed by atoms with Crippen molar-refractivity contribution in [3.63, 3.8) is 0 Å². The molecule has 0 aromatic carbocycles. The lowest BCUT2D eigenvalue weighted by Crippen LogP contribution is -2.31. The van der Waals surface area contributed by atoms with Crippen LogP contribution in [0.15, 0.2) is 17.1 Å². The normalized spacial score (nSPS) is 12.7. The summed E-state index contributed by atoms with van der Waals surface area (Å²) in [5, 5.41) is 3.58. The molecule has 19 heavy (non-hydrogen) atoms. The van der Waals surface area contributed by atoms with Gasteiger partial charge in [0.05, 0.1) is 0 Å². The Bertz CT molecular complexity index is 480. The van der Waals surface area contributed by atoms with Crippen LogP contribution in [0.5, 0.6) is 0 Å². The molecule has 1 aromatic rings. The molecule has 0 saturated heterocycles. The molecular weight excluding hydrogens is 277 g/mol. The molecule has 0 aliphatic carbocycles. The molecule has 1 rings (SSSR count). The second-order valence-electron chi connectivity index (χ2n) is 5.40. The van der Waals surface area contributed by atoms with E-state index in [0.29, 0.717) is 17.4 Å². The molecule has 4 nitrogen and oxygen atoms in total. The Hall–Kier alpha value is -1.15. The van der Waals surface area contributed by atoms with E-state index in [4.69, 9.17) is 4.74 Å². The van der Waals surface area contributed by atoms with E-state index in [1.54, 1.807) is 0 Å². The van der Waals surface area contributed by atoms with E-state index in [1.165, 1.54) is 0 Å². The van der Waals surface area contributed by atoms with E-state index in [-0.39, 0.29) is 6.73 Å². The second kappa shape index (κ2) is 5.87. The molecule has 0 fully saturated rings. The Morgan fingerprint density at radius 2 is 2.00 bits per heavy atom. The summed E-state index contributed by atoms with van der Waals surface area (Å²) in [6.07, 6.45) is -3.72. The van der Waals surface area contributed by atoms with Gasteiger partial charge in [-0.2, -0.15) is 18.3 Å². The van der Waals surface area contributed by atoms with E-state index in [1.807, 2.05) is 0 Å². The molecule has 0 bridgehead atoms. The Kier molecular flexibility index (Phi) is 4.91. The summed E-state index contributed by atoms with van der Waals surface area (Å²) >= 11 is 0. The zero-order valence-electron chi connectivity index (χ0n) is 11.1. The van der Waals surface area contributed by atoms with Crippen LogP contribution in [0.2, 0.25) is 25.7 Å². The van der Waals surface area contributed by atoms with Crippen LogP contribution in [0.3, 0.4) is 0 Å². The highest BCUT2D eigenvalue weighted by atomic mass is 28.3. The van der Waals surface area contributed by atoms with Crippen molar-refractivity contribution >= 4 is 8.07 Å². The number of ether oxygens (including phenoxy) is 1. The van der Waals surface area contributed by atoms with Gasteiger partial charge in [-0.25, -0.2) is 4.68 Å². The predicted octanol–water partition coefficient (Wildman–Crippen LogP) is 2.57. The number of halogens is 3. The third kappa shape index (κ3) is 5.15. The van der Waals surface area contributed by atoms with Crippen molar-refractivity contribution in [1.29, 1.82) is 0 Å². The largest absolute Gasteiger partial charge is 0.421 e. The second-order valence-corrected chi connectivity index (χ2v) is 11.0. The monoisotopic (exact) mass is 294 g/mol. The molecule has 0 N–H and O–H groups in total. The summed E-state index contributed by atoms with van der Waals surface area (Å²) in [5.41, 5.74) is -2.40. The van der Waals surface area contributed by atoms with Crippen molar-refractivity contribution in [3.05, 3.63) is 28.2 Å². The Labute approximate surface area is 110 Å². The lowest BCUT2D eigenvalue weighted by Gasteiger charge is -2.15. The summed E-state index contributed by atoms with van der Waals surface area (Å²) in [5.74, 6) is 0. The first-order chi connectivity index (χ1) is 8.61. The molecule has 0 aliphatic rings. The van der Waals surface area contributed by atoms with Gasteiger partial charge in [0.2, 0.25) is 0 Å². The molecule has 1 aromatic heterocycles. The minimum Gasteiger partial charge on any atom is -0.359 e. The summed E-state index contributed by atoms with van der Waals surface area (Å²) in [4.78, 5) is 11.5. The fourth-order valence-corrected chi connectivity index (χ4v) is 2.04. The minimum absolute atomic E-state index is 0.257. The maximum absolute atomic E-state index is 12.5. The van der Waals surface area contributed by atoms with Gasteiger partial charge in [0.1, 0.15) is 12.3 Å². The van der Waals surface area contributed by atoms with Gasteiger partial charge < -0.3 is 4.74 Å².